The maximum Gasteiger partial charge on any atom is 0.265 e. The van der Waals surface area contributed by atoms with E-state index in [0.717, 1.165) is 46.3 Å². The van der Waals surface area contributed by atoms with Crippen LogP contribution in [0.5, 0.6) is 0 Å². The Morgan fingerprint density at radius 3 is 2.57 bits per heavy atom. The van der Waals surface area contributed by atoms with Crippen LogP contribution >= 0.6 is 0 Å². The van der Waals surface area contributed by atoms with Crippen LogP contribution < -0.4 is 10.6 Å². The second-order valence-electron chi connectivity index (χ2n) is 7.33. The fourth-order valence-electron chi connectivity index (χ4n) is 3.91. The molecule has 148 valence electrons. The van der Waals surface area contributed by atoms with Crippen LogP contribution in [0.4, 0.5) is 5.69 Å². The molecular weight excluding hydrogens is 378 g/mol. The van der Waals surface area contributed by atoms with Gasteiger partial charge in [0, 0.05) is 53.8 Å². The first-order chi connectivity index (χ1) is 14.6. The molecule has 30 heavy (non-hydrogen) atoms. The number of nitrogens with one attached hydrogen (secondary N) is 1. The van der Waals surface area contributed by atoms with E-state index in [0.29, 0.717) is 17.8 Å². The van der Waals surface area contributed by atoms with Crippen molar-refractivity contribution in [1.29, 1.82) is 0 Å². The summed E-state index contributed by atoms with van der Waals surface area (Å²) in [5, 5.41) is 0.813. The van der Waals surface area contributed by atoms with Crippen LogP contribution in [-0.2, 0) is 4.79 Å². The summed E-state index contributed by atoms with van der Waals surface area (Å²) in [4.78, 5) is 37.0. The number of hydrogen-bond acceptors (Lipinski definition) is 4. The van der Waals surface area contributed by atoms with Gasteiger partial charge in [-0.05, 0) is 47.9 Å². The van der Waals surface area contributed by atoms with Gasteiger partial charge in [-0.2, -0.15) is 0 Å². The van der Waals surface area contributed by atoms with Crippen LogP contribution in [0, 0.1) is 0 Å². The fourth-order valence-corrected chi connectivity index (χ4v) is 3.91. The first-order valence-electron chi connectivity index (χ1n) is 9.74. The third-order valence-corrected chi connectivity index (χ3v) is 5.43. The number of nitrogens with zero attached hydrogens (tertiary/aromatic N) is 3. The second kappa shape index (κ2) is 7.11. The highest BCUT2D eigenvalue weighted by Gasteiger charge is 2.21. The van der Waals surface area contributed by atoms with Crippen molar-refractivity contribution < 1.29 is 9.59 Å². The third-order valence-electron chi connectivity index (χ3n) is 5.43. The number of aromatic amines is 1. The molecule has 0 atom stereocenters. The zero-order valence-corrected chi connectivity index (χ0v) is 16.1. The largest absolute Gasteiger partial charge is 0.364 e. The SMILES string of the molecule is NC(=O)c1cc2c(-c3cncc(-c4ccc(N5CCCC5=O)cc4)c3)ccnc2[nH]1. The summed E-state index contributed by atoms with van der Waals surface area (Å²) < 4.78 is 0. The molecule has 0 unspecified atom stereocenters. The summed E-state index contributed by atoms with van der Waals surface area (Å²) in [6.07, 6.45) is 6.80. The Morgan fingerprint density at radius 2 is 1.83 bits per heavy atom. The number of hydrogen-bond donors (Lipinski definition) is 2. The van der Waals surface area contributed by atoms with Crippen LogP contribution in [0.2, 0.25) is 0 Å². The highest BCUT2D eigenvalue weighted by molar-refractivity contribution is 6.01. The number of nitrogens with two attached hydrogens (primary N) is 1. The Bertz CT molecular complexity index is 1280. The minimum Gasteiger partial charge on any atom is -0.364 e. The van der Waals surface area contributed by atoms with E-state index in [-0.39, 0.29) is 5.91 Å². The molecule has 1 fully saturated rings. The van der Waals surface area contributed by atoms with Gasteiger partial charge in [-0.1, -0.05) is 12.1 Å². The average molecular weight is 397 g/mol. The predicted octanol–water partition coefficient (Wildman–Crippen LogP) is 3.52. The molecule has 1 aliphatic heterocycles. The quantitative estimate of drug-likeness (QED) is 0.550. The van der Waals surface area contributed by atoms with E-state index in [9.17, 15) is 9.59 Å². The number of fused-ring (bicyclic) bond motifs is 1. The van der Waals surface area contributed by atoms with Crippen LogP contribution in [-0.4, -0.2) is 33.3 Å². The van der Waals surface area contributed by atoms with Crippen molar-refractivity contribution in [3.63, 3.8) is 0 Å². The summed E-state index contributed by atoms with van der Waals surface area (Å²) in [5.41, 5.74) is 11.0. The molecule has 0 bridgehead atoms. The molecule has 5 rings (SSSR count). The van der Waals surface area contributed by atoms with Crippen LogP contribution in [0.1, 0.15) is 23.3 Å². The highest BCUT2D eigenvalue weighted by Crippen LogP contribution is 2.31. The molecule has 4 heterocycles. The van der Waals surface area contributed by atoms with Gasteiger partial charge < -0.3 is 15.6 Å². The monoisotopic (exact) mass is 397 g/mol. The van der Waals surface area contributed by atoms with Crippen molar-refractivity contribution in [1.82, 2.24) is 15.0 Å². The molecule has 1 aromatic carbocycles. The van der Waals surface area contributed by atoms with Crippen LogP contribution in [0.15, 0.2) is 61.1 Å². The molecule has 4 aromatic rings. The molecule has 0 spiro atoms. The van der Waals surface area contributed by atoms with Gasteiger partial charge in [-0.3, -0.25) is 14.6 Å². The number of H-pyrrole nitrogens is 1. The van der Waals surface area contributed by atoms with E-state index >= 15 is 0 Å². The fraction of sp³-hybridized carbons (Fsp3) is 0.130. The molecule has 0 radical (unpaired) electrons. The minimum atomic E-state index is -0.526. The van der Waals surface area contributed by atoms with Crippen molar-refractivity contribution in [2.45, 2.75) is 12.8 Å². The molecule has 0 saturated carbocycles. The Balaban J connectivity index is 1.51. The lowest BCUT2D eigenvalue weighted by Gasteiger charge is -2.16. The van der Waals surface area contributed by atoms with Gasteiger partial charge in [0.1, 0.15) is 11.3 Å². The van der Waals surface area contributed by atoms with E-state index < -0.39 is 5.91 Å². The average Bonchev–Trinajstić information content (AvgIpc) is 3.40. The molecule has 7 heteroatoms. The molecule has 1 saturated heterocycles. The first kappa shape index (κ1) is 18.1. The predicted molar refractivity (Wildman–Crippen MR) is 115 cm³/mol. The number of pyridine rings is 2. The van der Waals surface area contributed by atoms with Crippen molar-refractivity contribution in [2.75, 3.05) is 11.4 Å². The Hall–Kier alpha value is -4.00. The van der Waals surface area contributed by atoms with E-state index in [1.165, 1.54) is 0 Å². The topological polar surface area (TPSA) is 105 Å². The Morgan fingerprint density at radius 1 is 1.03 bits per heavy atom. The lowest BCUT2D eigenvalue weighted by molar-refractivity contribution is -0.117. The second-order valence-corrected chi connectivity index (χ2v) is 7.33. The van der Waals surface area contributed by atoms with Crippen LogP contribution in [0.25, 0.3) is 33.3 Å². The Labute approximate surface area is 172 Å². The number of benzene rings is 1. The maximum absolute atomic E-state index is 12.0. The zero-order valence-electron chi connectivity index (χ0n) is 16.1. The van der Waals surface area contributed by atoms with E-state index in [1.54, 1.807) is 18.5 Å². The van der Waals surface area contributed by atoms with Gasteiger partial charge in [-0.15, -0.1) is 0 Å². The summed E-state index contributed by atoms with van der Waals surface area (Å²) in [5.74, 6) is -0.350. The summed E-state index contributed by atoms with van der Waals surface area (Å²) in [6, 6.07) is 13.6. The standard InChI is InChI=1S/C23H19N5O2/c24-22(30)20-11-19-18(7-8-26-23(19)27-20)16-10-15(12-25-13-16)14-3-5-17(6-4-14)28-9-1-2-21(28)29/h3-8,10-13H,1-2,9H2,(H2,24,30)(H,26,27). The maximum atomic E-state index is 12.0. The van der Waals surface area contributed by atoms with Crippen molar-refractivity contribution in [2.24, 2.45) is 5.73 Å². The number of rotatable bonds is 4. The minimum absolute atomic E-state index is 0.176. The smallest absolute Gasteiger partial charge is 0.265 e. The first-order valence-corrected chi connectivity index (χ1v) is 9.74. The number of amides is 2. The third kappa shape index (κ3) is 3.10. The van der Waals surface area contributed by atoms with Crippen molar-refractivity contribution >= 4 is 28.5 Å². The Kier molecular flexibility index (Phi) is 4.28. The number of aromatic nitrogens is 3. The number of primary amides is 1. The normalized spacial score (nSPS) is 13.9. The van der Waals surface area contributed by atoms with Gasteiger partial charge in [0.2, 0.25) is 5.91 Å². The molecule has 3 N–H and O–H groups in total. The van der Waals surface area contributed by atoms with Gasteiger partial charge in [0.25, 0.3) is 5.91 Å². The van der Waals surface area contributed by atoms with E-state index in [1.807, 2.05) is 41.4 Å². The van der Waals surface area contributed by atoms with E-state index in [2.05, 4.69) is 21.0 Å². The molecule has 2 amide bonds. The lowest BCUT2D eigenvalue weighted by atomic mass is 10.0. The van der Waals surface area contributed by atoms with Crippen molar-refractivity contribution in [3.05, 3.63) is 66.7 Å². The summed E-state index contributed by atoms with van der Waals surface area (Å²) in [6.45, 7) is 0.775. The summed E-state index contributed by atoms with van der Waals surface area (Å²) >= 11 is 0. The lowest BCUT2D eigenvalue weighted by Crippen LogP contribution is -2.23. The molecular formula is C23H19N5O2. The molecule has 1 aliphatic rings. The van der Waals surface area contributed by atoms with E-state index in [4.69, 9.17) is 5.73 Å². The van der Waals surface area contributed by atoms with Gasteiger partial charge in [-0.25, -0.2) is 4.98 Å². The van der Waals surface area contributed by atoms with Gasteiger partial charge in [0.05, 0.1) is 0 Å². The summed E-state index contributed by atoms with van der Waals surface area (Å²) in [7, 11) is 0. The van der Waals surface area contributed by atoms with Crippen molar-refractivity contribution in [3.8, 4) is 22.3 Å². The number of anilines is 1. The van der Waals surface area contributed by atoms with Gasteiger partial charge >= 0.3 is 0 Å². The highest BCUT2D eigenvalue weighted by atomic mass is 16.2. The molecule has 7 nitrogen and oxygen atoms in total. The van der Waals surface area contributed by atoms with Gasteiger partial charge in [0.15, 0.2) is 0 Å². The molecule has 3 aromatic heterocycles. The number of carbonyl (C=O) groups is 2. The number of carbonyl (C=O) groups excluding carboxylic acids is 2. The zero-order chi connectivity index (χ0) is 20.7. The molecule has 0 aliphatic carbocycles. The van der Waals surface area contributed by atoms with Crippen LogP contribution in [0.3, 0.4) is 0 Å².